The lowest BCUT2D eigenvalue weighted by Crippen LogP contribution is -2.48. The van der Waals surface area contributed by atoms with Gasteiger partial charge in [0.15, 0.2) is 5.69 Å². The molecule has 2 saturated heterocycles. The molecule has 8 heteroatoms. The summed E-state index contributed by atoms with van der Waals surface area (Å²) in [6.07, 6.45) is 6.44. The van der Waals surface area contributed by atoms with Gasteiger partial charge in [0.1, 0.15) is 5.69 Å². The summed E-state index contributed by atoms with van der Waals surface area (Å²) >= 11 is 0. The van der Waals surface area contributed by atoms with Gasteiger partial charge in [-0.1, -0.05) is 41.6 Å². The van der Waals surface area contributed by atoms with Gasteiger partial charge in [-0.3, -0.25) is 9.89 Å². The van der Waals surface area contributed by atoms with Crippen LogP contribution in [0.5, 0.6) is 0 Å². The van der Waals surface area contributed by atoms with Crippen molar-refractivity contribution in [3.05, 3.63) is 66.0 Å². The second-order valence-corrected chi connectivity index (χ2v) is 9.31. The molecule has 2 fully saturated rings. The maximum absolute atomic E-state index is 13.0. The van der Waals surface area contributed by atoms with Gasteiger partial charge in [0.25, 0.3) is 5.91 Å². The summed E-state index contributed by atoms with van der Waals surface area (Å²) in [6, 6.07) is 17.5. The summed E-state index contributed by atoms with van der Waals surface area (Å²) in [5.41, 5.74) is 4.17. The van der Waals surface area contributed by atoms with E-state index in [1.54, 1.807) is 0 Å². The van der Waals surface area contributed by atoms with Crippen LogP contribution in [0.1, 0.15) is 41.7 Å². The standard InChI is InChI=1S/C25H27N7O/c1-31-19-8-9-20(31)13-18(12-19)26-25(33)24-21-10-7-17(11-22(21)27-29-24)23-15-32(30-28-23)14-16-5-3-2-4-6-16/h2-7,10-11,15,18-20H,8-9,12-14H2,1H3,(H,26,33)(H,27,29). The highest BCUT2D eigenvalue weighted by Crippen LogP contribution is 2.34. The summed E-state index contributed by atoms with van der Waals surface area (Å²) in [6.45, 7) is 0.670. The average Bonchev–Trinajstić information content (AvgIpc) is 3.51. The van der Waals surface area contributed by atoms with Crippen LogP contribution in [0.2, 0.25) is 0 Å². The Kier molecular flexibility index (Phi) is 4.95. The number of fused-ring (bicyclic) bond motifs is 3. The fourth-order valence-electron chi connectivity index (χ4n) is 5.41. The Morgan fingerprint density at radius 1 is 1.12 bits per heavy atom. The monoisotopic (exact) mass is 441 g/mol. The minimum Gasteiger partial charge on any atom is -0.348 e. The molecule has 4 aromatic rings. The number of carbonyl (C=O) groups excluding carboxylic acids is 1. The molecule has 2 unspecified atom stereocenters. The van der Waals surface area contributed by atoms with E-state index < -0.39 is 0 Å². The molecule has 0 spiro atoms. The third kappa shape index (κ3) is 3.80. The van der Waals surface area contributed by atoms with E-state index in [1.807, 2.05) is 47.3 Å². The van der Waals surface area contributed by atoms with E-state index in [2.05, 4.69) is 49.9 Å². The van der Waals surface area contributed by atoms with Gasteiger partial charge in [-0.05, 0) is 50.4 Å². The SMILES string of the molecule is CN1C2CCC1CC(NC(=O)c1n[nH]c3cc(-c4cn(Cc5ccccc5)nn4)ccc13)C2. The van der Waals surface area contributed by atoms with E-state index in [-0.39, 0.29) is 11.9 Å². The molecule has 168 valence electrons. The number of hydrogen-bond acceptors (Lipinski definition) is 5. The van der Waals surface area contributed by atoms with Crippen molar-refractivity contribution in [1.82, 2.24) is 35.4 Å². The number of rotatable bonds is 5. The van der Waals surface area contributed by atoms with Gasteiger partial charge in [0, 0.05) is 29.1 Å². The number of aromatic nitrogens is 5. The predicted molar refractivity (Wildman–Crippen MR) is 126 cm³/mol. The molecule has 2 N–H and O–H groups in total. The normalized spacial score (nSPS) is 22.6. The number of piperidine rings is 1. The Bertz CT molecular complexity index is 1280. The molecule has 33 heavy (non-hydrogen) atoms. The Morgan fingerprint density at radius 3 is 2.70 bits per heavy atom. The van der Waals surface area contributed by atoms with Gasteiger partial charge in [-0.15, -0.1) is 5.10 Å². The highest BCUT2D eigenvalue weighted by atomic mass is 16.2. The number of benzene rings is 2. The molecular formula is C25H27N7O. The minimum absolute atomic E-state index is 0.100. The lowest BCUT2D eigenvalue weighted by molar-refractivity contribution is 0.0879. The molecule has 2 bridgehead atoms. The number of H-pyrrole nitrogens is 1. The highest BCUT2D eigenvalue weighted by Gasteiger charge is 2.39. The van der Waals surface area contributed by atoms with Crippen molar-refractivity contribution in [2.24, 2.45) is 0 Å². The quantitative estimate of drug-likeness (QED) is 0.496. The molecule has 2 aromatic heterocycles. The molecule has 8 nitrogen and oxygen atoms in total. The molecule has 4 heterocycles. The second-order valence-electron chi connectivity index (χ2n) is 9.31. The number of aromatic amines is 1. The first kappa shape index (κ1) is 20.1. The summed E-state index contributed by atoms with van der Waals surface area (Å²) < 4.78 is 1.83. The van der Waals surface area contributed by atoms with Crippen LogP contribution < -0.4 is 5.32 Å². The van der Waals surface area contributed by atoms with Crippen molar-refractivity contribution in [2.75, 3.05) is 7.05 Å². The summed E-state index contributed by atoms with van der Waals surface area (Å²) in [4.78, 5) is 15.5. The summed E-state index contributed by atoms with van der Waals surface area (Å²) in [5, 5.41) is 20.0. The van der Waals surface area contributed by atoms with E-state index in [1.165, 1.54) is 18.4 Å². The fourth-order valence-corrected chi connectivity index (χ4v) is 5.41. The molecule has 2 aliphatic heterocycles. The predicted octanol–water partition coefficient (Wildman–Crippen LogP) is 3.22. The summed E-state index contributed by atoms with van der Waals surface area (Å²) in [7, 11) is 2.21. The zero-order valence-electron chi connectivity index (χ0n) is 18.6. The van der Waals surface area contributed by atoms with E-state index in [4.69, 9.17) is 0 Å². The van der Waals surface area contributed by atoms with Gasteiger partial charge < -0.3 is 10.2 Å². The number of amides is 1. The van der Waals surface area contributed by atoms with Crippen LogP contribution in [0.25, 0.3) is 22.2 Å². The lowest BCUT2D eigenvalue weighted by Gasteiger charge is -2.36. The van der Waals surface area contributed by atoms with Crippen LogP contribution in [0.3, 0.4) is 0 Å². The van der Waals surface area contributed by atoms with Crippen molar-refractivity contribution in [3.63, 3.8) is 0 Å². The molecule has 2 aromatic carbocycles. The van der Waals surface area contributed by atoms with Crippen LogP contribution in [-0.2, 0) is 6.54 Å². The first-order valence-electron chi connectivity index (χ1n) is 11.6. The molecule has 1 amide bonds. The van der Waals surface area contributed by atoms with Crippen LogP contribution in [-0.4, -0.2) is 61.2 Å². The summed E-state index contributed by atoms with van der Waals surface area (Å²) in [5.74, 6) is -0.100. The Balaban J connectivity index is 1.18. The lowest BCUT2D eigenvalue weighted by atomic mass is 9.98. The largest absolute Gasteiger partial charge is 0.348 e. The van der Waals surface area contributed by atoms with Gasteiger partial charge in [-0.2, -0.15) is 5.10 Å². The van der Waals surface area contributed by atoms with E-state index in [0.717, 1.165) is 35.0 Å². The van der Waals surface area contributed by atoms with Crippen LogP contribution >= 0.6 is 0 Å². The molecule has 2 atom stereocenters. The van der Waals surface area contributed by atoms with Gasteiger partial charge >= 0.3 is 0 Å². The van der Waals surface area contributed by atoms with Gasteiger partial charge in [0.2, 0.25) is 0 Å². The van der Waals surface area contributed by atoms with Gasteiger partial charge in [-0.25, -0.2) is 4.68 Å². The molecular weight excluding hydrogens is 414 g/mol. The van der Waals surface area contributed by atoms with Crippen molar-refractivity contribution in [3.8, 4) is 11.3 Å². The third-order valence-corrected chi connectivity index (χ3v) is 7.23. The average molecular weight is 442 g/mol. The third-order valence-electron chi connectivity index (χ3n) is 7.23. The second kappa shape index (κ2) is 8.12. The molecule has 6 rings (SSSR count). The maximum atomic E-state index is 13.0. The van der Waals surface area contributed by atoms with Crippen molar-refractivity contribution in [2.45, 2.75) is 50.4 Å². The Morgan fingerprint density at radius 2 is 1.91 bits per heavy atom. The van der Waals surface area contributed by atoms with Crippen LogP contribution in [0, 0.1) is 0 Å². The minimum atomic E-state index is -0.100. The van der Waals surface area contributed by atoms with Crippen LogP contribution in [0.4, 0.5) is 0 Å². The zero-order valence-corrected chi connectivity index (χ0v) is 18.6. The van der Waals surface area contributed by atoms with Crippen molar-refractivity contribution >= 4 is 16.8 Å². The maximum Gasteiger partial charge on any atom is 0.272 e. The highest BCUT2D eigenvalue weighted by molar-refractivity contribution is 6.05. The fraction of sp³-hybridized carbons (Fsp3) is 0.360. The Labute approximate surface area is 192 Å². The smallest absolute Gasteiger partial charge is 0.272 e. The molecule has 0 saturated carbocycles. The van der Waals surface area contributed by atoms with E-state index in [9.17, 15) is 4.79 Å². The van der Waals surface area contributed by atoms with Crippen molar-refractivity contribution in [1.29, 1.82) is 0 Å². The van der Waals surface area contributed by atoms with Gasteiger partial charge in [0.05, 0.1) is 18.3 Å². The number of nitrogens with one attached hydrogen (secondary N) is 2. The van der Waals surface area contributed by atoms with Crippen molar-refractivity contribution < 1.29 is 4.79 Å². The van der Waals surface area contributed by atoms with E-state index in [0.29, 0.717) is 24.3 Å². The first-order chi connectivity index (χ1) is 16.1. The number of nitrogens with zero attached hydrogens (tertiary/aromatic N) is 5. The first-order valence-corrected chi connectivity index (χ1v) is 11.6. The molecule has 2 aliphatic rings. The Hall–Kier alpha value is -3.52. The number of hydrogen-bond donors (Lipinski definition) is 2. The topological polar surface area (TPSA) is 91.7 Å². The molecule has 0 aliphatic carbocycles. The zero-order chi connectivity index (χ0) is 22.4. The van der Waals surface area contributed by atoms with E-state index >= 15 is 0 Å². The van der Waals surface area contributed by atoms with Crippen LogP contribution in [0.15, 0.2) is 54.7 Å². The molecule has 0 radical (unpaired) electrons. The number of carbonyl (C=O) groups is 1.